The summed E-state index contributed by atoms with van der Waals surface area (Å²) in [6.07, 6.45) is 4.56. The van der Waals surface area contributed by atoms with E-state index in [1.54, 1.807) is 30.3 Å². The SMILES string of the molecule is O=S(=O)(OCC1CCCC1)c1ccccc1. The van der Waals surface area contributed by atoms with Gasteiger partial charge in [0.1, 0.15) is 0 Å². The summed E-state index contributed by atoms with van der Waals surface area (Å²) in [5.74, 6) is 0.415. The third-order valence-electron chi connectivity index (χ3n) is 2.97. The molecule has 16 heavy (non-hydrogen) atoms. The van der Waals surface area contributed by atoms with E-state index >= 15 is 0 Å². The topological polar surface area (TPSA) is 43.4 Å². The van der Waals surface area contributed by atoms with Crippen molar-refractivity contribution in [3.05, 3.63) is 30.3 Å². The molecule has 0 radical (unpaired) electrons. The highest BCUT2D eigenvalue weighted by molar-refractivity contribution is 7.86. The summed E-state index contributed by atoms with van der Waals surface area (Å²) in [6, 6.07) is 8.31. The number of hydrogen-bond acceptors (Lipinski definition) is 3. The second-order valence-electron chi connectivity index (χ2n) is 4.20. The largest absolute Gasteiger partial charge is 0.296 e. The molecule has 0 amide bonds. The molecule has 0 unspecified atom stereocenters. The van der Waals surface area contributed by atoms with Gasteiger partial charge in [-0.15, -0.1) is 0 Å². The average molecular weight is 240 g/mol. The lowest BCUT2D eigenvalue weighted by Gasteiger charge is -2.09. The number of rotatable bonds is 4. The predicted molar refractivity (Wildman–Crippen MR) is 61.5 cm³/mol. The zero-order chi connectivity index (χ0) is 11.4. The van der Waals surface area contributed by atoms with E-state index in [0.717, 1.165) is 12.8 Å². The van der Waals surface area contributed by atoms with Crippen LogP contribution < -0.4 is 0 Å². The van der Waals surface area contributed by atoms with Crippen LogP contribution in [0.3, 0.4) is 0 Å². The van der Waals surface area contributed by atoms with E-state index in [1.807, 2.05) is 0 Å². The molecule has 1 fully saturated rings. The molecule has 0 aromatic heterocycles. The maximum absolute atomic E-state index is 11.8. The average Bonchev–Trinajstić information content (AvgIpc) is 2.81. The van der Waals surface area contributed by atoms with Gasteiger partial charge in [0.15, 0.2) is 0 Å². The fourth-order valence-corrected chi connectivity index (χ4v) is 3.02. The molecule has 1 aromatic carbocycles. The van der Waals surface area contributed by atoms with Gasteiger partial charge in [-0.2, -0.15) is 8.42 Å². The zero-order valence-electron chi connectivity index (χ0n) is 9.13. The van der Waals surface area contributed by atoms with Crippen LogP contribution in [0, 0.1) is 5.92 Å². The summed E-state index contributed by atoms with van der Waals surface area (Å²) in [5, 5.41) is 0. The Bertz CT molecular complexity index is 419. The first-order valence-corrected chi connectivity index (χ1v) is 7.04. The molecule has 0 heterocycles. The quantitative estimate of drug-likeness (QED) is 0.760. The fourth-order valence-electron chi connectivity index (χ4n) is 2.02. The molecule has 0 atom stereocenters. The highest BCUT2D eigenvalue weighted by Crippen LogP contribution is 2.26. The van der Waals surface area contributed by atoms with Crippen LogP contribution in [-0.2, 0) is 14.3 Å². The number of benzene rings is 1. The van der Waals surface area contributed by atoms with Crippen molar-refractivity contribution in [3.8, 4) is 0 Å². The molecule has 4 heteroatoms. The highest BCUT2D eigenvalue weighted by atomic mass is 32.2. The minimum absolute atomic E-state index is 0.244. The van der Waals surface area contributed by atoms with Crippen molar-refractivity contribution in [2.75, 3.05) is 6.61 Å². The van der Waals surface area contributed by atoms with Gasteiger partial charge in [0.25, 0.3) is 10.1 Å². The molecular formula is C12H16O3S. The van der Waals surface area contributed by atoms with E-state index in [2.05, 4.69) is 0 Å². The first kappa shape index (κ1) is 11.6. The van der Waals surface area contributed by atoms with Crippen LogP contribution in [-0.4, -0.2) is 15.0 Å². The summed E-state index contributed by atoms with van der Waals surface area (Å²) in [5.41, 5.74) is 0. The van der Waals surface area contributed by atoms with Gasteiger partial charge >= 0.3 is 0 Å². The normalized spacial score (nSPS) is 17.8. The van der Waals surface area contributed by atoms with Gasteiger partial charge in [0.2, 0.25) is 0 Å². The molecule has 0 bridgehead atoms. The summed E-state index contributed by atoms with van der Waals surface area (Å²) in [7, 11) is -3.55. The molecular weight excluding hydrogens is 224 g/mol. The van der Waals surface area contributed by atoms with Crippen molar-refractivity contribution >= 4 is 10.1 Å². The van der Waals surface area contributed by atoms with Crippen molar-refractivity contribution < 1.29 is 12.6 Å². The zero-order valence-corrected chi connectivity index (χ0v) is 9.95. The van der Waals surface area contributed by atoms with Crippen LogP contribution >= 0.6 is 0 Å². The summed E-state index contributed by atoms with van der Waals surface area (Å²) < 4.78 is 28.6. The lowest BCUT2D eigenvalue weighted by atomic mass is 10.1. The molecule has 0 aliphatic heterocycles. The van der Waals surface area contributed by atoms with E-state index in [4.69, 9.17) is 4.18 Å². The Kier molecular flexibility index (Phi) is 3.61. The Morgan fingerprint density at radius 3 is 2.38 bits per heavy atom. The fraction of sp³-hybridized carbons (Fsp3) is 0.500. The Morgan fingerprint density at radius 1 is 1.12 bits per heavy atom. The second kappa shape index (κ2) is 4.97. The minimum atomic E-state index is -3.55. The third-order valence-corrected chi connectivity index (χ3v) is 4.26. The lowest BCUT2D eigenvalue weighted by Crippen LogP contribution is -2.12. The molecule has 0 spiro atoms. The molecule has 1 aromatic rings. The van der Waals surface area contributed by atoms with Crippen molar-refractivity contribution in [1.29, 1.82) is 0 Å². The molecule has 3 nitrogen and oxygen atoms in total. The van der Waals surface area contributed by atoms with Gasteiger partial charge in [-0.1, -0.05) is 31.0 Å². The molecule has 1 aliphatic rings. The Balaban J connectivity index is 1.98. The molecule has 0 N–H and O–H groups in total. The number of hydrogen-bond donors (Lipinski definition) is 0. The van der Waals surface area contributed by atoms with Crippen LogP contribution in [0.1, 0.15) is 25.7 Å². The van der Waals surface area contributed by atoms with Crippen molar-refractivity contribution in [2.24, 2.45) is 5.92 Å². The van der Waals surface area contributed by atoms with Gasteiger partial charge in [0, 0.05) is 0 Å². The lowest BCUT2D eigenvalue weighted by molar-refractivity contribution is 0.257. The van der Waals surface area contributed by atoms with Crippen molar-refractivity contribution in [1.82, 2.24) is 0 Å². The van der Waals surface area contributed by atoms with Gasteiger partial charge in [-0.25, -0.2) is 0 Å². The van der Waals surface area contributed by atoms with Gasteiger partial charge in [-0.05, 0) is 30.9 Å². The van der Waals surface area contributed by atoms with Crippen LogP contribution in [0.15, 0.2) is 35.2 Å². The van der Waals surface area contributed by atoms with Crippen LogP contribution in [0.4, 0.5) is 0 Å². The van der Waals surface area contributed by atoms with Crippen LogP contribution in [0.2, 0.25) is 0 Å². The monoisotopic (exact) mass is 240 g/mol. The van der Waals surface area contributed by atoms with E-state index in [1.165, 1.54) is 12.8 Å². The molecule has 1 saturated carbocycles. The Hall–Kier alpha value is -0.870. The smallest absolute Gasteiger partial charge is 0.266 e. The van der Waals surface area contributed by atoms with Crippen molar-refractivity contribution in [3.63, 3.8) is 0 Å². The molecule has 1 aliphatic carbocycles. The van der Waals surface area contributed by atoms with Crippen molar-refractivity contribution in [2.45, 2.75) is 30.6 Å². The maximum atomic E-state index is 11.8. The molecule has 2 rings (SSSR count). The standard InChI is InChI=1S/C12H16O3S/c13-16(14,12-8-2-1-3-9-12)15-10-11-6-4-5-7-11/h1-3,8-9,11H,4-7,10H2. The molecule has 0 saturated heterocycles. The van der Waals surface area contributed by atoms with E-state index in [-0.39, 0.29) is 4.90 Å². The summed E-state index contributed by atoms with van der Waals surface area (Å²) in [6.45, 7) is 0.331. The predicted octanol–water partition coefficient (Wildman–Crippen LogP) is 2.58. The van der Waals surface area contributed by atoms with Crippen LogP contribution in [0.5, 0.6) is 0 Å². The Labute approximate surface area is 96.6 Å². The summed E-state index contributed by atoms with van der Waals surface area (Å²) >= 11 is 0. The first-order valence-electron chi connectivity index (χ1n) is 5.63. The van der Waals surface area contributed by atoms with Gasteiger partial charge in [-0.3, -0.25) is 4.18 Å². The maximum Gasteiger partial charge on any atom is 0.296 e. The first-order chi connectivity index (χ1) is 7.68. The second-order valence-corrected chi connectivity index (χ2v) is 5.82. The van der Waals surface area contributed by atoms with E-state index in [9.17, 15) is 8.42 Å². The Morgan fingerprint density at radius 2 is 1.75 bits per heavy atom. The minimum Gasteiger partial charge on any atom is -0.266 e. The highest BCUT2D eigenvalue weighted by Gasteiger charge is 2.20. The van der Waals surface area contributed by atoms with E-state index < -0.39 is 10.1 Å². The van der Waals surface area contributed by atoms with Crippen LogP contribution in [0.25, 0.3) is 0 Å². The summed E-state index contributed by atoms with van der Waals surface area (Å²) in [4.78, 5) is 0.244. The van der Waals surface area contributed by atoms with Gasteiger partial charge in [0.05, 0.1) is 11.5 Å². The molecule has 88 valence electrons. The van der Waals surface area contributed by atoms with Gasteiger partial charge < -0.3 is 0 Å². The van der Waals surface area contributed by atoms with E-state index in [0.29, 0.717) is 12.5 Å². The third kappa shape index (κ3) is 2.83.